The Hall–Kier alpha value is -0.350. The molecule has 1 aromatic heterocycles. The molecule has 1 unspecified atom stereocenters. The highest BCUT2D eigenvalue weighted by Crippen LogP contribution is 2.19. The van der Waals surface area contributed by atoms with Crippen molar-refractivity contribution in [3.8, 4) is 0 Å². The number of likely N-dealkylation sites (tertiary alicyclic amines) is 1. The minimum atomic E-state index is 0.759. The fraction of sp³-hybridized carbons (Fsp3) is 0.769. The van der Waals surface area contributed by atoms with Crippen LogP contribution in [-0.4, -0.2) is 34.3 Å². The van der Waals surface area contributed by atoms with Gasteiger partial charge in [0.1, 0.15) is 0 Å². The van der Waals surface area contributed by atoms with Crippen molar-refractivity contribution in [3.05, 3.63) is 16.9 Å². The second-order valence-corrected chi connectivity index (χ2v) is 6.46. The van der Waals surface area contributed by atoms with Crippen molar-refractivity contribution in [2.75, 3.05) is 19.6 Å². The molecule has 1 saturated heterocycles. The van der Waals surface area contributed by atoms with Gasteiger partial charge in [-0.15, -0.1) is 0 Å². The van der Waals surface area contributed by atoms with Crippen LogP contribution in [0.5, 0.6) is 0 Å². The monoisotopic (exact) mass is 299 g/mol. The van der Waals surface area contributed by atoms with E-state index in [2.05, 4.69) is 50.7 Å². The second kappa shape index (κ2) is 6.01. The molecule has 3 nitrogen and oxygen atoms in total. The summed E-state index contributed by atoms with van der Waals surface area (Å²) in [5.74, 6) is 1.53. The van der Waals surface area contributed by atoms with E-state index in [9.17, 15) is 0 Å². The van der Waals surface area contributed by atoms with Gasteiger partial charge in [0, 0.05) is 25.8 Å². The molecule has 96 valence electrons. The van der Waals surface area contributed by atoms with Gasteiger partial charge in [-0.2, -0.15) is 5.10 Å². The molecule has 1 atom stereocenters. The maximum Gasteiger partial charge on any atom is 0.0632 e. The molecule has 0 radical (unpaired) electrons. The summed E-state index contributed by atoms with van der Waals surface area (Å²) in [6.07, 6.45) is 6.61. The Morgan fingerprint density at radius 3 is 3.00 bits per heavy atom. The van der Waals surface area contributed by atoms with Crippen molar-refractivity contribution in [3.63, 3.8) is 0 Å². The van der Waals surface area contributed by atoms with Crippen molar-refractivity contribution in [2.45, 2.75) is 33.2 Å². The summed E-state index contributed by atoms with van der Waals surface area (Å²) < 4.78 is 3.14. The Kier molecular flexibility index (Phi) is 4.62. The lowest BCUT2D eigenvalue weighted by atomic mass is 9.97. The molecule has 0 spiro atoms. The molecule has 17 heavy (non-hydrogen) atoms. The summed E-state index contributed by atoms with van der Waals surface area (Å²) in [5, 5.41) is 4.35. The predicted octanol–water partition coefficient (Wildman–Crippen LogP) is 3.01. The van der Waals surface area contributed by atoms with E-state index in [0.717, 1.165) is 22.9 Å². The number of hydrogen-bond donors (Lipinski definition) is 0. The van der Waals surface area contributed by atoms with E-state index in [1.807, 2.05) is 6.20 Å². The molecule has 0 N–H and O–H groups in total. The summed E-state index contributed by atoms with van der Waals surface area (Å²) in [7, 11) is 0. The molecule has 2 heterocycles. The Morgan fingerprint density at radius 2 is 2.35 bits per heavy atom. The van der Waals surface area contributed by atoms with Gasteiger partial charge in [-0.1, -0.05) is 13.8 Å². The third kappa shape index (κ3) is 4.11. The zero-order chi connectivity index (χ0) is 12.3. The van der Waals surface area contributed by atoms with Crippen molar-refractivity contribution in [1.82, 2.24) is 14.7 Å². The van der Waals surface area contributed by atoms with Crippen LogP contribution in [0, 0.1) is 11.8 Å². The normalized spacial score (nSPS) is 22.2. The van der Waals surface area contributed by atoms with E-state index < -0.39 is 0 Å². The smallest absolute Gasteiger partial charge is 0.0632 e. The standard InChI is InChI=1S/C13H22BrN3/c1-11(2)7-16-5-3-4-12(8-16)9-17-10-13(14)6-15-17/h6,10-12H,3-5,7-9H2,1-2H3. The Labute approximate surface area is 112 Å². The van der Waals surface area contributed by atoms with Crippen molar-refractivity contribution in [1.29, 1.82) is 0 Å². The van der Waals surface area contributed by atoms with Crippen molar-refractivity contribution < 1.29 is 0 Å². The van der Waals surface area contributed by atoms with Gasteiger partial charge in [-0.25, -0.2) is 0 Å². The van der Waals surface area contributed by atoms with Gasteiger partial charge in [0.05, 0.1) is 10.7 Å². The van der Waals surface area contributed by atoms with Crippen molar-refractivity contribution >= 4 is 15.9 Å². The SMILES string of the molecule is CC(C)CN1CCCC(Cn2cc(Br)cn2)C1. The topological polar surface area (TPSA) is 21.1 Å². The van der Waals surface area contributed by atoms with Crippen LogP contribution in [0.15, 0.2) is 16.9 Å². The van der Waals surface area contributed by atoms with Crippen LogP contribution in [0.1, 0.15) is 26.7 Å². The fourth-order valence-electron chi connectivity index (χ4n) is 2.69. The number of hydrogen-bond acceptors (Lipinski definition) is 2. The van der Waals surface area contributed by atoms with Gasteiger partial charge in [0.25, 0.3) is 0 Å². The first-order valence-corrected chi connectivity index (χ1v) is 7.33. The van der Waals surface area contributed by atoms with Crippen LogP contribution in [0.25, 0.3) is 0 Å². The molecule has 1 fully saturated rings. The molecule has 4 heteroatoms. The molecule has 0 amide bonds. The molecule has 0 bridgehead atoms. The third-order valence-electron chi connectivity index (χ3n) is 3.27. The van der Waals surface area contributed by atoms with E-state index in [4.69, 9.17) is 0 Å². The van der Waals surface area contributed by atoms with E-state index in [1.165, 1.54) is 32.5 Å². The van der Waals surface area contributed by atoms with Crippen LogP contribution in [0.2, 0.25) is 0 Å². The minimum Gasteiger partial charge on any atom is -0.303 e. The van der Waals surface area contributed by atoms with E-state index in [-0.39, 0.29) is 0 Å². The highest BCUT2D eigenvalue weighted by Gasteiger charge is 2.20. The van der Waals surface area contributed by atoms with Crippen LogP contribution in [0.4, 0.5) is 0 Å². The molecular weight excluding hydrogens is 278 g/mol. The predicted molar refractivity (Wildman–Crippen MR) is 73.9 cm³/mol. The minimum absolute atomic E-state index is 0.759. The van der Waals surface area contributed by atoms with Gasteiger partial charge in [0.15, 0.2) is 0 Å². The molecule has 1 aromatic rings. The Balaban J connectivity index is 1.85. The zero-order valence-electron chi connectivity index (χ0n) is 10.8. The number of halogens is 1. The lowest BCUT2D eigenvalue weighted by Crippen LogP contribution is -2.39. The van der Waals surface area contributed by atoms with E-state index in [0.29, 0.717) is 0 Å². The molecule has 0 aromatic carbocycles. The quantitative estimate of drug-likeness (QED) is 0.852. The molecule has 2 rings (SSSR count). The number of piperidine rings is 1. The molecule has 1 aliphatic rings. The van der Waals surface area contributed by atoms with Crippen LogP contribution >= 0.6 is 15.9 Å². The summed E-state index contributed by atoms with van der Waals surface area (Å²) in [6.45, 7) is 9.40. The maximum absolute atomic E-state index is 4.35. The molecular formula is C13H22BrN3. The first-order valence-electron chi connectivity index (χ1n) is 6.54. The Morgan fingerprint density at radius 1 is 1.53 bits per heavy atom. The van der Waals surface area contributed by atoms with E-state index >= 15 is 0 Å². The first kappa shape index (κ1) is 13.1. The third-order valence-corrected chi connectivity index (χ3v) is 3.68. The molecule has 0 aliphatic carbocycles. The maximum atomic E-state index is 4.35. The summed E-state index contributed by atoms with van der Waals surface area (Å²) >= 11 is 3.45. The van der Waals surface area contributed by atoms with Crippen LogP contribution in [-0.2, 0) is 6.54 Å². The number of rotatable bonds is 4. The summed E-state index contributed by atoms with van der Waals surface area (Å²) in [5.41, 5.74) is 0. The number of aromatic nitrogens is 2. The van der Waals surface area contributed by atoms with E-state index in [1.54, 1.807) is 0 Å². The van der Waals surface area contributed by atoms with Crippen molar-refractivity contribution in [2.24, 2.45) is 11.8 Å². The lowest BCUT2D eigenvalue weighted by Gasteiger charge is -2.33. The van der Waals surface area contributed by atoms with Crippen LogP contribution in [0.3, 0.4) is 0 Å². The highest BCUT2D eigenvalue weighted by molar-refractivity contribution is 9.10. The fourth-order valence-corrected chi connectivity index (χ4v) is 3.01. The van der Waals surface area contributed by atoms with Gasteiger partial charge in [-0.05, 0) is 47.2 Å². The van der Waals surface area contributed by atoms with Gasteiger partial charge in [0.2, 0.25) is 0 Å². The largest absolute Gasteiger partial charge is 0.303 e. The Bertz CT molecular complexity index is 348. The van der Waals surface area contributed by atoms with Gasteiger partial charge in [-0.3, -0.25) is 4.68 Å². The summed E-state index contributed by atoms with van der Waals surface area (Å²) in [6, 6.07) is 0. The van der Waals surface area contributed by atoms with Crippen LogP contribution < -0.4 is 0 Å². The van der Waals surface area contributed by atoms with Gasteiger partial charge >= 0.3 is 0 Å². The lowest BCUT2D eigenvalue weighted by molar-refractivity contribution is 0.146. The zero-order valence-corrected chi connectivity index (χ0v) is 12.4. The average Bonchev–Trinajstić information content (AvgIpc) is 2.63. The highest BCUT2D eigenvalue weighted by atomic mass is 79.9. The molecule has 1 aliphatic heterocycles. The molecule has 0 saturated carbocycles. The number of nitrogens with zero attached hydrogens (tertiary/aromatic N) is 3. The van der Waals surface area contributed by atoms with Gasteiger partial charge < -0.3 is 4.90 Å². The summed E-state index contributed by atoms with van der Waals surface area (Å²) in [4.78, 5) is 2.61. The second-order valence-electron chi connectivity index (χ2n) is 5.54. The first-order chi connectivity index (χ1) is 8.13. The average molecular weight is 300 g/mol.